The Balaban J connectivity index is 2.23. The van der Waals surface area contributed by atoms with Gasteiger partial charge in [-0.1, -0.05) is 19.1 Å². The maximum absolute atomic E-state index is 13.2. The van der Waals surface area contributed by atoms with Crippen LogP contribution in [0.1, 0.15) is 23.9 Å². The van der Waals surface area contributed by atoms with Gasteiger partial charge in [0.2, 0.25) is 10.0 Å². The molecule has 1 heterocycles. The van der Waals surface area contributed by atoms with Crippen LogP contribution in [0.2, 0.25) is 0 Å². The standard InChI is InChI=1S/C17H24FN3O3S/c1-5-20(4)25(23,24)17-12(2)19-21(13(17)3)11-16(22)10-14-7-6-8-15(18)9-14/h6-9,16,22H,5,10-11H2,1-4H3. The highest BCUT2D eigenvalue weighted by atomic mass is 32.2. The predicted octanol–water partition coefficient (Wildman–Crippen LogP) is 1.88. The van der Waals surface area contributed by atoms with E-state index in [0.717, 1.165) is 0 Å². The number of benzene rings is 1. The van der Waals surface area contributed by atoms with Crippen molar-refractivity contribution in [2.45, 2.75) is 44.7 Å². The van der Waals surface area contributed by atoms with Crippen molar-refractivity contribution in [2.75, 3.05) is 13.6 Å². The van der Waals surface area contributed by atoms with Crippen molar-refractivity contribution in [1.29, 1.82) is 0 Å². The van der Waals surface area contributed by atoms with Crippen LogP contribution in [0.15, 0.2) is 29.2 Å². The molecule has 2 rings (SSSR count). The number of aliphatic hydroxyl groups is 1. The summed E-state index contributed by atoms with van der Waals surface area (Å²) in [4.78, 5) is 0.176. The second-order valence-corrected chi connectivity index (χ2v) is 8.07. The van der Waals surface area contributed by atoms with Gasteiger partial charge >= 0.3 is 0 Å². The topological polar surface area (TPSA) is 75.4 Å². The average Bonchev–Trinajstić information content (AvgIpc) is 2.80. The van der Waals surface area contributed by atoms with Gasteiger partial charge in [0.15, 0.2) is 0 Å². The van der Waals surface area contributed by atoms with Gasteiger partial charge in [-0.05, 0) is 31.5 Å². The first kappa shape index (κ1) is 19.6. The molecule has 8 heteroatoms. The smallest absolute Gasteiger partial charge is 0.246 e. The zero-order chi connectivity index (χ0) is 18.8. The van der Waals surface area contributed by atoms with Crippen LogP contribution in [0.5, 0.6) is 0 Å². The highest BCUT2D eigenvalue weighted by Crippen LogP contribution is 2.23. The first-order chi connectivity index (χ1) is 11.7. The second kappa shape index (κ2) is 7.63. The SMILES string of the molecule is CCN(C)S(=O)(=O)c1c(C)nn(CC(O)Cc2cccc(F)c2)c1C. The van der Waals surface area contributed by atoms with Gasteiger partial charge in [-0.15, -0.1) is 0 Å². The molecule has 6 nitrogen and oxygen atoms in total. The van der Waals surface area contributed by atoms with E-state index in [0.29, 0.717) is 23.5 Å². The van der Waals surface area contributed by atoms with E-state index in [1.165, 1.54) is 28.2 Å². The molecule has 0 saturated heterocycles. The number of aliphatic hydroxyl groups excluding tert-OH is 1. The number of nitrogens with zero attached hydrogens (tertiary/aromatic N) is 3. The summed E-state index contributed by atoms with van der Waals surface area (Å²) in [6.45, 7) is 5.56. The third-order valence-electron chi connectivity index (χ3n) is 4.17. The van der Waals surface area contributed by atoms with Gasteiger partial charge in [-0.3, -0.25) is 4.68 Å². The first-order valence-electron chi connectivity index (χ1n) is 8.09. The lowest BCUT2D eigenvalue weighted by molar-refractivity contribution is 0.148. The number of hydrogen-bond acceptors (Lipinski definition) is 4. The van der Waals surface area contributed by atoms with Crippen LogP contribution in [-0.4, -0.2) is 47.3 Å². The lowest BCUT2D eigenvalue weighted by Crippen LogP contribution is -2.27. The summed E-state index contributed by atoms with van der Waals surface area (Å²) in [6, 6.07) is 6.04. The molecule has 1 unspecified atom stereocenters. The van der Waals surface area contributed by atoms with E-state index in [2.05, 4.69) is 5.10 Å². The van der Waals surface area contributed by atoms with E-state index in [9.17, 15) is 17.9 Å². The van der Waals surface area contributed by atoms with E-state index < -0.39 is 16.1 Å². The van der Waals surface area contributed by atoms with E-state index in [4.69, 9.17) is 0 Å². The Morgan fingerprint density at radius 2 is 2.04 bits per heavy atom. The average molecular weight is 369 g/mol. The second-order valence-electron chi connectivity index (χ2n) is 6.09. The lowest BCUT2D eigenvalue weighted by Gasteiger charge is -2.16. The van der Waals surface area contributed by atoms with Crippen molar-refractivity contribution in [1.82, 2.24) is 14.1 Å². The summed E-state index contributed by atoms with van der Waals surface area (Å²) in [5.74, 6) is -0.355. The van der Waals surface area contributed by atoms with E-state index in [1.54, 1.807) is 32.9 Å². The quantitative estimate of drug-likeness (QED) is 0.809. The van der Waals surface area contributed by atoms with Crippen LogP contribution in [0, 0.1) is 19.7 Å². The molecule has 0 radical (unpaired) electrons. The Kier molecular flexibility index (Phi) is 5.97. The highest BCUT2D eigenvalue weighted by Gasteiger charge is 2.28. The molecule has 0 spiro atoms. The first-order valence-corrected chi connectivity index (χ1v) is 9.53. The lowest BCUT2D eigenvalue weighted by atomic mass is 10.1. The molecular weight excluding hydrogens is 345 g/mol. The Morgan fingerprint density at radius 3 is 2.64 bits per heavy atom. The summed E-state index contributed by atoms with van der Waals surface area (Å²) in [5.41, 5.74) is 1.56. The van der Waals surface area contributed by atoms with Gasteiger partial charge in [0.25, 0.3) is 0 Å². The van der Waals surface area contributed by atoms with Gasteiger partial charge in [0.1, 0.15) is 10.7 Å². The summed E-state index contributed by atoms with van der Waals surface area (Å²) < 4.78 is 41.2. The van der Waals surface area contributed by atoms with Gasteiger partial charge in [-0.2, -0.15) is 5.10 Å². The van der Waals surface area contributed by atoms with Crippen LogP contribution >= 0.6 is 0 Å². The van der Waals surface area contributed by atoms with Crippen molar-refractivity contribution >= 4 is 10.0 Å². The number of aryl methyl sites for hydroxylation is 1. The van der Waals surface area contributed by atoms with E-state index in [-0.39, 0.29) is 23.7 Å². The van der Waals surface area contributed by atoms with Gasteiger partial charge < -0.3 is 5.11 Å². The maximum atomic E-state index is 13.2. The minimum Gasteiger partial charge on any atom is -0.391 e. The normalized spacial score (nSPS) is 13.4. The number of hydrogen-bond donors (Lipinski definition) is 1. The van der Waals surface area contributed by atoms with Crippen molar-refractivity contribution in [3.05, 3.63) is 47.0 Å². The largest absolute Gasteiger partial charge is 0.391 e. The summed E-state index contributed by atoms with van der Waals surface area (Å²) >= 11 is 0. The molecule has 2 aromatic rings. The van der Waals surface area contributed by atoms with Crippen LogP contribution in [0.3, 0.4) is 0 Å². The summed E-state index contributed by atoms with van der Waals surface area (Å²) in [5, 5.41) is 14.6. The summed E-state index contributed by atoms with van der Waals surface area (Å²) in [6.07, 6.45) is -0.549. The van der Waals surface area contributed by atoms with Gasteiger partial charge in [0.05, 0.1) is 24.0 Å². The molecule has 0 saturated carbocycles. The molecule has 1 atom stereocenters. The van der Waals surface area contributed by atoms with Crippen molar-refractivity contribution in [3.63, 3.8) is 0 Å². The van der Waals surface area contributed by atoms with Gasteiger partial charge in [-0.25, -0.2) is 17.1 Å². The highest BCUT2D eigenvalue weighted by molar-refractivity contribution is 7.89. The third-order valence-corrected chi connectivity index (χ3v) is 6.36. The number of halogens is 1. The zero-order valence-electron chi connectivity index (χ0n) is 14.9. The molecule has 0 aliphatic heterocycles. The maximum Gasteiger partial charge on any atom is 0.246 e. The molecule has 0 aliphatic rings. The number of aromatic nitrogens is 2. The van der Waals surface area contributed by atoms with Crippen LogP contribution in [0.4, 0.5) is 4.39 Å². The fourth-order valence-electron chi connectivity index (χ4n) is 2.76. The predicted molar refractivity (Wildman–Crippen MR) is 93.3 cm³/mol. The van der Waals surface area contributed by atoms with Gasteiger partial charge in [0, 0.05) is 20.0 Å². The van der Waals surface area contributed by atoms with E-state index in [1.807, 2.05) is 0 Å². The molecule has 1 aromatic carbocycles. The third kappa shape index (κ3) is 4.26. The molecular formula is C17H24FN3O3S. The molecule has 0 amide bonds. The molecule has 25 heavy (non-hydrogen) atoms. The molecule has 0 bridgehead atoms. The van der Waals surface area contributed by atoms with Crippen LogP contribution < -0.4 is 0 Å². The van der Waals surface area contributed by atoms with Crippen LogP contribution in [-0.2, 0) is 23.0 Å². The molecule has 1 N–H and O–H groups in total. The van der Waals surface area contributed by atoms with Crippen molar-refractivity contribution in [3.8, 4) is 0 Å². The Hall–Kier alpha value is -1.77. The number of sulfonamides is 1. The minimum atomic E-state index is -3.61. The molecule has 0 aliphatic carbocycles. The summed E-state index contributed by atoms with van der Waals surface area (Å²) in [7, 11) is -2.09. The van der Waals surface area contributed by atoms with Crippen LogP contribution in [0.25, 0.3) is 0 Å². The van der Waals surface area contributed by atoms with Crippen molar-refractivity contribution < 1.29 is 17.9 Å². The fourth-order valence-corrected chi connectivity index (χ4v) is 4.30. The molecule has 0 fully saturated rings. The Morgan fingerprint density at radius 1 is 1.36 bits per heavy atom. The molecule has 1 aromatic heterocycles. The zero-order valence-corrected chi connectivity index (χ0v) is 15.7. The van der Waals surface area contributed by atoms with Crippen molar-refractivity contribution in [2.24, 2.45) is 0 Å². The monoisotopic (exact) mass is 369 g/mol. The number of rotatable bonds is 7. The Labute approximate surface area is 147 Å². The minimum absolute atomic E-state index is 0.133. The van der Waals surface area contributed by atoms with E-state index >= 15 is 0 Å². The molecule has 138 valence electrons. The Bertz CT molecular complexity index is 849. The fraction of sp³-hybridized carbons (Fsp3) is 0.471.